The van der Waals surface area contributed by atoms with Crippen LogP contribution in [0.15, 0.2) is 30.6 Å². The van der Waals surface area contributed by atoms with Crippen molar-refractivity contribution >= 4 is 5.97 Å². The maximum atomic E-state index is 11.3. The van der Waals surface area contributed by atoms with Crippen molar-refractivity contribution in [1.29, 1.82) is 0 Å². The second kappa shape index (κ2) is 6.81. The van der Waals surface area contributed by atoms with E-state index < -0.39 is 0 Å². The minimum absolute atomic E-state index is 0.345. The summed E-state index contributed by atoms with van der Waals surface area (Å²) in [6.07, 6.45) is 3.58. The molecule has 0 spiro atoms. The molecule has 92 valence electrons. The largest absolute Gasteiger partial charge is 0.463 e. The average molecular weight is 234 g/mol. The fraction of sp³-hybridized carbons (Fsp3) is 0.385. The summed E-state index contributed by atoms with van der Waals surface area (Å²) in [6.45, 7) is 8.94. The molecule has 0 atom stereocenters. The SMILES string of the molecule is C=C(CNCc1cnccc1C)C(=O)OCC. The number of carbonyl (C=O) groups excluding carboxylic acids is 1. The molecule has 0 aliphatic carbocycles. The predicted molar refractivity (Wildman–Crippen MR) is 66.5 cm³/mol. The second-order valence-electron chi connectivity index (χ2n) is 3.73. The van der Waals surface area contributed by atoms with E-state index >= 15 is 0 Å². The quantitative estimate of drug-likeness (QED) is 0.600. The Bertz CT molecular complexity index is 402. The van der Waals surface area contributed by atoms with Crippen LogP contribution in [0.4, 0.5) is 0 Å². The summed E-state index contributed by atoms with van der Waals surface area (Å²) in [6, 6.07) is 1.96. The zero-order chi connectivity index (χ0) is 12.7. The standard InChI is InChI=1S/C13H18N2O2/c1-4-17-13(16)11(3)7-15-9-12-8-14-6-5-10(12)2/h5-6,8,15H,3-4,7,9H2,1-2H3. The number of nitrogens with one attached hydrogen (secondary N) is 1. The number of hydrogen-bond acceptors (Lipinski definition) is 4. The van der Waals surface area contributed by atoms with Crippen molar-refractivity contribution in [3.8, 4) is 0 Å². The van der Waals surface area contributed by atoms with Crippen LogP contribution in [-0.2, 0) is 16.1 Å². The summed E-state index contributed by atoms with van der Waals surface area (Å²) in [5, 5.41) is 3.14. The summed E-state index contributed by atoms with van der Waals surface area (Å²) in [5.41, 5.74) is 2.73. The maximum Gasteiger partial charge on any atom is 0.334 e. The summed E-state index contributed by atoms with van der Waals surface area (Å²) in [5.74, 6) is -0.345. The lowest BCUT2D eigenvalue weighted by Gasteiger charge is -2.08. The molecule has 1 N–H and O–H groups in total. The van der Waals surface area contributed by atoms with Crippen molar-refractivity contribution in [2.75, 3.05) is 13.2 Å². The molecule has 0 saturated heterocycles. The third kappa shape index (κ3) is 4.36. The number of esters is 1. The first-order valence-corrected chi connectivity index (χ1v) is 5.60. The van der Waals surface area contributed by atoms with E-state index in [1.165, 1.54) is 5.56 Å². The second-order valence-corrected chi connectivity index (χ2v) is 3.73. The minimum Gasteiger partial charge on any atom is -0.463 e. The highest BCUT2D eigenvalue weighted by Gasteiger charge is 2.07. The topological polar surface area (TPSA) is 51.2 Å². The summed E-state index contributed by atoms with van der Waals surface area (Å²) < 4.78 is 4.84. The fourth-order valence-corrected chi connectivity index (χ4v) is 1.34. The summed E-state index contributed by atoms with van der Waals surface area (Å²) in [4.78, 5) is 15.3. The Morgan fingerprint density at radius 1 is 1.59 bits per heavy atom. The molecular weight excluding hydrogens is 216 g/mol. The van der Waals surface area contributed by atoms with Gasteiger partial charge in [-0.3, -0.25) is 4.98 Å². The molecule has 0 aliphatic rings. The molecule has 4 nitrogen and oxygen atoms in total. The van der Waals surface area contributed by atoms with E-state index in [1.54, 1.807) is 13.1 Å². The van der Waals surface area contributed by atoms with Crippen LogP contribution in [0.25, 0.3) is 0 Å². The van der Waals surface area contributed by atoms with Crippen molar-refractivity contribution in [2.24, 2.45) is 0 Å². The van der Waals surface area contributed by atoms with Crippen LogP contribution in [0.1, 0.15) is 18.1 Å². The molecule has 0 unspecified atom stereocenters. The van der Waals surface area contributed by atoms with Gasteiger partial charge in [-0.15, -0.1) is 0 Å². The van der Waals surface area contributed by atoms with E-state index in [1.807, 2.05) is 19.2 Å². The van der Waals surface area contributed by atoms with Crippen molar-refractivity contribution in [2.45, 2.75) is 20.4 Å². The molecule has 1 aromatic rings. The first kappa shape index (κ1) is 13.4. The predicted octanol–water partition coefficient (Wildman–Crippen LogP) is 1.60. The Hall–Kier alpha value is -1.68. The van der Waals surface area contributed by atoms with E-state index in [2.05, 4.69) is 16.9 Å². The van der Waals surface area contributed by atoms with Crippen LogP contribution in [-0.4, -0.2) is 24.1 Å². The van der Waals surface area contributed by atoms with E-state index in [4.69, 9.17) is 4.74 Å². The first-order valence-electron chi connectivity index (χ1n) is 5.60. The molecule has 0 aliphatic heterocycles. The fourth-order valence-electron chi connectivity index (χ4n) is 1.34. The smallest absolute Gasteiger partial charge is 0.334 e. The zero-order valence-electron chi connectivity index (χ0n) is 10.3. The number of pyridine rings is 1. The van der Waals surface area contributed by atoms with Gasteiger partial charge in [-0.25, -0.2) is 4.79 Å². The Morgan fingerprint density at radius 2 is 2.35 bits per heavy atom. The van der Waals surface area contributed by atoms with Gasteiger partial charge in [-0.1, -0.05) is 6.58 Å². The van der Waals surface area contributed by atoms with Crippen molar-refractivity contribution in [1.82, 2.24) is 10.3 Å². The molecule has 0 amide bonds. The summed E-state index contributed by atoms with van der Waals surface area (Å²) >= 11 is 0. The van der Waals surface area contributed by atoms with Gasteiger partial charge in [-0.2, -0.15) is 0 Å². The first-order chi connectivity index (χ1) is 8.15. The van der Waals surface area contributed by atoms with Crippen LogP contribution in [0.2, 0.25) is 0 Å². The molecule has 1 aromatic heterocycles. The molecule has 0 fully saturated rings. The van der Waals surface area contributed by atoms with Crippen LogP contribution < -0.4 is 5.32 Å². The number of aromatic nitrogens is 1. The molecule has 0 aromatic carbocycles. The highest BCUT2D eigenvalue weighted by atomic mass is 16.5. The van der Waals surface area contributed by atoms with Crippen LogP contribution in [0.5, 0.6) is 0 Å². The average Bonchev–Trinajstić information content (AvgIpc) is 2.31. The van der Waals surface area contributed by atoms with Crippen molar-refractivity contribution < 1.29 is 9.53 Å². The van der Waals surface area contributed by atoms with Gasteiger partial charge >= 0.3 is 5.97 Å². The van der Waals surface area contributed by atoms with Crippen LogP contribution in [0.3, 0.4) is 0 Å². The highest BCUT2D eigenvalue weighted by molar-refractivity contribution is 5.88. The van der Waals surface area contributed by atoms with Gasteiger partial charge in [0.05, 0.1) is 6.61 Å². The lowest BCUT2D eigenvalue weighted by atomic mass is 10.1. The maximum absolute atomic E-state index is 11.3. The normalized spacial score (nSPS) is 10.0. The van der Waals surface area contributed by atoms with Gasteiger partial charge in [-0.05, 0) is 31.0 Å². The van der Waals surface area contributed by atoms with E-state index in [0.717, 1.165) is 5.56 Å². The van der Waals surface area contributed by atoms with Crippen molar-refractivity contribution in [3.63, 3.8) is 0 Å². The third-order valence-electron chi connectivity index (χ3n) is 2.37. The van der Waals surface area contributed by atoms with Crippen LogP contribution in [0, 0.1) is 6.92 Å². The molecule has 1 heterocycles. The van der Waals surface area contributed by atoms with Gasteiger partial charge in [0.1, 0.15) is 0 Å². The molecular formula is C13H18N2O2. The Balaban J connectivity index is 2.36. The number of carbonyl (C=O) groups is 1. The third-order valence-corrected chi connectivity index (χ3v) is 2.37. The van der Waals surface area contributed by atoms with Gasteiger partial charge in [0.25, 0.3) is 0 Å². The number of nitrogens with zero attached hydrogens (tertiary/aromatic N) is 1. The summed E-state index contributed by atoms with van der Waals surface area (Å²) in [7, 11) is 0. The minimum atomic E-state index is -0.345. The highest BCUT2D eigenvalue weighted by Crippen LogP contribution is 2.04. The Labute approximate surface area is 102 Å². The molecule has 0 saturated carbocycles. The lowest BCUT2D eigenvalue weighted by molar-refractivity contribution is -0.138. The monoisotopic (exact) mass is 234 g/mol. The zero-order valence-corrected chi connectivity index (χ0v) is 10.3. The van der Waals surface area contributed by atoms with Gasteiger partial charge in [0.2, 0.25) is 0 Å². The lowest BCUT2D eigenvalue weighted by Crippen LogP contribution is -2.21. The molecule has 0 radical (unpaired) electrons. The molecule has 0 bridgehead atoms. The van der Waals surface area contributed by atoms with E-state index in [0.29, 0.717) is 25.3 Å². The number of ether oxygens (including phenoxy) is 1. The van der Waals surface area contributed by atoms with Crippen molar-refractivity contribution in [3.05, 3.63) is 41.7 Å². The molecule has 4 heteroatoms. The number of aryl methyl sites for hydroxylation is 1. The molecule has 1 rings (SSSR count). The van der Waals surface area contributed by atoms with Gasteiger partial charge in [0, 0.05) is 31.1 Å². The Morgan fingerprint density at radius 3 is 3.00 bits per heavy atom. The molecule has 17 heavy (non-hydrogen) atoms. The number of rotatable bonds is 6. The van der Waals surface area contributed by atoms with E-state index in [9.17, 15) is 4.79 Å². The Kier molecular flexibility index (Phi) is 5.36. The van der Waals surface area contributed by atoms with Crippen LogP contribution >= 0.6 is 0 Å². The number of hydrogen-bond donors (Lipinski definition) is 1. The van der Waals surface area contributed by atoms with Gasteiger partial charge < -0.3 is 10.1 Å². The van der Waals surface area contributed by atoms with Gasteiger partial charge in [0.15, 0.2) is 0 Å². The van der Waals surface area contributed by atoms with E-state index in [-0.39, 0.29) is 5.97 Å².